The van der Waals surface area contributed by atoms with Crippen LogP contribution in [0.25, 0.3) is 5.82 Å². The van der Waals surface area contributed by atoms with Gasteiger partial charge in [-0.3, -0.25) is 0 Å². The summed E-state index contributed by atoms with van der Waals surface area (Å²) in [6, 6.07) is 1.82. The first kappa shape index (κ1) is 14.0. The van der Waals surface area contributed by atoms with Gasteiger partial charge in [-0.25, -0.2) is 4.98 Å². The zero-order valence-corrected chi connectivity index (χ0v) is 11.9. The second-order valence-electron chi connectivity index (χ2n) is 2.81. The van der Waals surface area contributed by atoms with Crippen LogP contribution in [-0.2, 0) is 21.1 Å². The summed E-state index contributed by atoms with van der Waals surface area (Å²) in [4.78, 5) is 12.0. The minimum Gasteiger partial charge on any atom is -0.374 e. The minimum absolute atomic E-state index is 0. The van der Waals surface area contributed by atoms with Gasteiger partial charge < -0.3 is 22.0 Å². The van der Waals surface area contributed by atoms with E-state index in [1.807, 2.05) is 30.7 Å². The van der Waals surface area contributed by atoms with Crippen molar-refractivity contribution >= 4 is 0 Å². The van der Waals surface area contributed by atoms with Gasteiger partial charge in [0.25, 0.3) is 0 Å². The molecule has 0 aliphatic rings. The normalized spacial score (nSPS) is 8.93. The molecule has 0 aliphatic heterocycles. The number of nitrogens with zero attached hydrogens (tertiary/aromatic N) is 4. The quantitative estimate of drug-likeness (QED) is 0.714. The van der Waals surface area contributed by atoms with Crippen LogP contribution in [0.3, 0.4) is 0 Å². The molecular weight excluding hydrogens is 360 g/mol. The van der Waals surface area contributed by atoms with Crippen molar-refractivity contribution in [3.63, 3.8) is 0 Å². The molecule has 2 aromatic rings. The fourth-order valence-corrected chi connectivity index (χ4v) is 1.24. The summed E-state index contributed by atoms with van der Waals surface area (Å²) in [6.07, 6.45) is 6.15. The average molecular weight is 372 g/mol. The van der Waals surface area contributed by atoms with Crippen LogP contribution in [0.4, 0.5) is 0 Å². The Kier molecular flexibility index (Phi) is 5.37. The molecule has 0 aliphatic carbocycles. The molecule has 4 nitrogen and oxygen atoms in total. The van der Waals surface area contributed by atoms with Gasteiger partial charge in [0.2, 0.25) is 0 Å². The molecule has 0 fully saturated rings. The molecule has 78 valence electrons. The molecule has 0 saturated heterocycles. The maximum Gasteiger partial charge on any atom is 2.00 e. The van der Waals surface area contributed by atoms with Gasteiger partial charge in [0.05, 0.1) is 11.5 Å². The van der Waals surface area contributed by atoms with Crippen LogP contribution in [0.2, 0.25) is 0 Å². The van der Waals surface area contributed by atoms with Crippen LogP contribution in [0.1, 0.15) is 11.5 Å². The number of rotatable bonds is 1. The van der Waals surface area contributed by atoms with Gasteiger partial charge in [-0.2, -0.15) is 0 Å². The van der Waals surface area contributed by atoms with Gasteiger partial charge in [0, 0.05) is 18.3 Å². The number of hydrogen-bond donors (Lipinski definition) is 0. The molecule has 0 spiro atoms. The van der Waals surface area contributed by atoms with E-state index >= 15 is 0 Å². The van der Waals surface area contributed by atoms with Gasteiger partial charge in [-0.15, -0.1) is 6.07 Å². The average Bonchev–Trinajstić information content (AvgIpc) is 2.47. The molecule has 0 bridgehead atoms. The van der Waals surface area contributed by atoms with Gasteiger partial charge in [-0.05, 0) is 13.8 Å². The van der Waals surface area contributed by atoms with E-state index in [1.54, 1.807) is 6.20 Å². The van der Waals surface area contributed by atoms with E-state index in [2.05, 4.69) is 21.3 Å². The van der Waals surface area contributed by atoms with E-state index < -0.39 is 0 Å². The van der Waals surface area contributed by atoms with Crippen molar-refractivity contribution in [3.05, 3.63) is 43.7 Å². The molecule has 2 heterocycles. The minimum atomic E-state index is 0. The van der Waals surface area contributed by atoms with Gasteiger partial charge in [-0.1, -0.05) is 6.20 Å². The van der Waals surface area contributed by atoms with Crippen LogP contribution in [0, 0.1) is 27.6 Å². The Balaban J connectivity index is 0.000000980. The molecule has 0 atom stereocenters. The van der Waals surface area contributed by atoms with Crippen LogP contribution in [0.5, 0.6) is 0 Å². The number of aryl methyl sites for hydroxylation is 2. The van der Waals surface area contributed by atoms with E-state index in [0.29, 0.717) is 0 Å². The third-order valence-corrected chi connectivity index (χ3v) is 1.77. The van der Waals surface area contributed by atoms with Crippen molar-refractivity contribution < 1.29 is 21.1 Å². The van der Waals surface area contributed by atoms with Gasteiger partial charge in [0.15, 0.2) is 0 Å². The summed E-state index contributed by atoms with van der Waals surface area (Å²) >= 11 is 0. The van der Waals surface area contributed by atoms with Crippen molar-refractivity contribution in [1.29, 1.82) is 0 Å². The summed E-state index contributed by atoms with van der Waals surface area (Å²) in [6.45, 7) is 3.89. The molecule has 15 heavy (non-hydrogen) atoms. The van der Waals surface area contributed by atoms with Crippen molar-refractivity contribution in [2.24, 2.45) is 0 Å². The SMILES string of the molecule is Cc1cn(-c2ccn[c-]n2)c(C)n1.[CH3-].[W+2]. The fraction of sp³-hybridized carbons (Fsp3) is 0.200. The Morgan fingerprint density at radius 1 is 1.33 bits per heavy atom. The molecule has 0 radical (unpaired) electrons. The van der Waals surface area contributed by atoms with Crippen LogP contribution in [-0.4, -0.2) is 19.5 Å². The Morgan fingerprint density at radius 3 is 2.53 bits per heavy atom. The van der Waals surface area contributed by atoms with Gasteiger partial charge >= 0.3 is 21.1 Å². The molecule has 0 amide bonds. The summed E-state index contributed by atoms with van der Waals surface area (Å²) in [5.41, 5.74) is 0.983. The van der Waals surface area contributed by atoms with E-state index in [9.17, 15) is 0 Å². The van der Waals surface area contributed by atoms with Crippen molar-refractivity contribution in [2.75, 3.05) is 0 Å². The number of aromatic nitrogens is 4. The number of hydrogen-bond acceptors (Lipinski definition) is 3. The zero-order chi connectivity index (χ0) is 9.26. The van der Waals surface area contributed by atoms with Gasteiger partial charge in [0.1, 0.15) is 0 Å². The van der Waals surface area contributed by atoms with E-state index in [1.165, 1.54) is 0 Å². The largest absolute Gasteiger partial charge is 2.00 e. The topological polar surface area (TPSA) is 43.6 Å². The maximum atomic E-state index is 4.28. The van der Waals surface area contributed by atoms with E-state index in [0.717, 1.165) is 17.3 Å². The standard InChI is InChI=1S/C9H9N4.CH3.W/c1-7-5-13(8(2)12-7)9-3-4-10-6-11-9;;/h3-5H,1-2H3;1H3;/q2*-1;+2. The first-order valence-electron chi connectivity index (χ1n) is 3.99. The first-order valence-corrected chi connectivity index (χ1v) is 3.99. The summed E-state index contributed by atoms with van der Waals surface area (Å²) < 4.78 is 1.91. The first-order chi connectivity index (χ1) is 6.27. The Labute approximate surface area is 104 Å². The Hall–Kier alpha value is -1.02. The molecule has 0 unspecified atom stereocenters. The zero-order valence-electron chi connectivity index (χ0n) is 8.93. The van der Waals surface area contributed by atoms with E-state index in [-0.39, 0.29) is 28.5 Å². The Morgan fingerprint density at radius 2 is 2.07 bits per heavy atom. The Bertz CT molecular complexity index is 411. The van der Waals surface area contributed by atoms with Crippen molar-refractivity contribution in [1.82, 2.24) is 19.5 Å². The van der Waals surface area contributed by atoms with Crippen LogP contribution >= 0.6 is 0 Å². The molecule has 5 heteroatoms. The van der Waals surface area contributed by atoms with Crippen LogP contribution < -0.4 is 0 Å². The monoisotopic (exact) mass is 372 g/mol. The molecule has 2 rings (SSSR count). The third kappa shape index (κ3) is 2.96. The predicted molar refractivity (Wildman–Crippen MR) is 53.9 cm³/mol. The third-order valence-electron chi connectivity index (χ3n) is 1.77. The summed E-state index contributed by atoms with van der Waals surface area (Å²) in [7, 11) is 0. The molecule has 0 aromatic carbocycles. The fourth-order valence-electron chi connectivity index (χ4n) is 1.24. The summed E-state index contributed by atoms with van der Waals surface area (Å²) in [5, 5.41) is 0. The summed E-state index contributed by atoms with van der Waals surface area (Å²) in [5.74, 6) is 1.72. The molecule has 2 aromatic heterocycles. The predicted octanol–water partition coefficient (Wildman–Crippen LogP) is 1.53. The molecular formula is C10H12N4W. The van der Waals surface area contributed by atoms with Crippen molar-refractivity contribution in [2.45, 2.75) is 13.8 Å². The smallest absolute Gasteiger partial charge is 0.374 e. The number of imidazole rings is 1. The molecule has 0 saturated carbocycles. The maximum absolute atomic E-state index is 4.28. The van der Waals surface area contributed by atoms with Crippen LogP contribution in [0.15, 0.2) is 18.5 Å². The van der Waals surface area contributed by atoms with Crippen molar-refractivity contribution in [3.8, 4) is 5.82 Å². The van der Waals surface area contributed by atoms with E-state index in [4.69, 9.17) is 0 Å². The second kappa shape index (κ2) is 5.76. The second-order valence-corrected chi connectivity index (χ2v) is 2.81. The molecule has 0 N–H and O–H groups in total.